The number of phosphoric ester groups is 1. The fourth-order valence-electron chi connectivity index (χ4n) is 3.60. The summed E-state index contributed by atoms with van der Waals surface area (Å²) in [5.74, 6) is -2.50. The molecule has 12 heteroatoms. The number of aliphatic carboxylic acids is 1. The summed E-state index contributed by atoms with van der Waals surface area (Å²) in [6.07, 6.45) is 26.7. The van der Waals surface area contributed by atoms with E-state index >= 15 is 0 Å². The molecular formula is C32H54NO10P. The van der Waals surface area contributed by atoms with Gasteiger partial charge in [-0.1, -0.05) is 101 Å². The Kier molecular flexibility index (Phi) is 26.3. The number of unbranched alkanes of at least 4 members (excludes halogenated alkanes) is 6. The molecule has 11 nitrogen and oxygen atoms in total. The van der Waals surface area contributed by atoms with E-state index in [9.17, 15) is 23.8 Å². The molecule has 3 atom stereocenters. The first-order valence-electron chi connectivity index (χ1n) is 15.7. The highest BCUT2D eigenvalue weighted by molar-refractivity contribution is 7.47. The summed E-state index contributed by atoms with van der Waals surface area (Å²) < 4.78 is 32.2. The number of carboxylic acid groups (broad SMARTS) is 1. The Morgan fingerprint density at radius 1 is 0.727 bits per heavy atom. The predicted molar refractivity (Wildman–Crippen MR) is 171 cm³/mol. The van der Waals surface area contributed by atoms with Crippen LogP contribution in [0.3, 0.4) is 0 Å². The first kappa shape index (κ1) is 41.4. The van der Waals surface area contributed by atoms with Crippen LogP contribution in [0.25, 0.3) is 0 Å². The number of ether oxygens (including phenoxy) is 2. The van der Waals surface area contributed by atoms with Crippen LogP contribution >= 0.6 is 7.82 Å². The molecule has 0 saturated carbocycles. The third kappa shape index (κ3) is 27.0. The van der Waals surface area contributed by atoms with Crippen molar-refractivity contribution >= 4 is 25.7 Å². The topological polar surface area (TPSA) is 172 Å². The second-order valence-electron chi connectivity index (χ2n) is 10.2. The molecule has 0 bridgehead atoms. The van der Waals surface area contributed by atoms with Gasteiger partial charge in [-0.3, -0.25) is 23.4 Å². The number of esters is 2. The highest BCUT2D eigenvalue weighted by atomic mass is 31.2. The van der Waals surface area contributed by atoms with Crippen molar-refractivity contribution in [2.75, 3.05) is 19.8 Å². The molecule has 3 unspecified atom stereocenters. The zero-order chi connectivity index (χ0) is 32.9. The number of carbonyl (C=O) groups is 3. The Morgan fingerprint density at radius 3 is 1.86 bits per heavy atom. The molecule has 0 saturated heterocycles. The maximum atomic E-state index is 12.4. The lowest BCUT2D eigenvalue weighted by atomic mass is 10.1. The minimum Gasteiger partial charge on any atom is -0.480 e. The van der Waals surface area contributed by atoms with Crippen LogP contribution in [0.5, 0.6) is 0 Å². The minimum absolute atomic E-state index is 0.0391. The van der Waals surface area contributed by atoms with E-state index < -0.39 is 51.1 Å². The molecule has 0 fully saturated rings. The van der Waals surface area contributed by atoms with Crippen LogP contribution in [-0.2, 0) is 37.5 Å². The van der Waals surface area contributed by atoms with Gasteiger partial charge in [0.2, 0.25) is 0 Å². The average molecular weight is 644 g/mol. The van der Waals surface area contributed by atoms with Crippen molar-refractivity contribution < 1.29 is 47.5 Å². The van der Waals surface area contributed by atoms with Crippen LogP contribution in [0.15, 0.2) is 48.6 Å². The number of carboxylic acids is 1. The normalized spacial score (nSPS) is 14.8. The molecular weight excluding hydrogens is 589 g/mol. The molecule has 0 radical (unpaired) electrons. The van der Waals surface area contributed by atoms with Gasteiger partial charge in [-0.15, -0.1) is 0 Å². The van der Waals surface area contributed by atoms with Crippen molar-refractivity contribution in [1.82, 2.24) is 0 Å². The van der Waals surface area contributed by atoms with Gasteiger partial charge in [0.1, 0.15) is 12.6 Å². The second-order valence-corrected chi connectivity index (χ2v) is 11.7. The van der Waals surface area contributed by atoms with Crippen LogP contribution < -0.4 is 5.73 Å². The summed E-state index contributed by atoms with van der Waals surface area (Å²) in [7, 11) is -4.72. The number of allylic oxidation sites excluding steroid dienone is 8. The summed E-state index contributed by atoms with van der Waals surface area (Å²) >= 11 is 0. The first-order chi connectivity index (χ1) is 21.1. The molecule has 0 aliphatic carbocycles. The minimum atomic E-state index is -4.72. The van der Waals surface area contributed by atoms with Gasteiger partial charge in [-0.05, 0) is 38.5 Å². The van der Waals surface area contributed by atoms with Gasteiger partial charge in [0, 0.05) is 12.8 Å². The van der Waals surface area contributed by atoms with Gasteiger partial charge in [-0.2, -0.15) is 0 Å². The van der Waals surface area contributed by atoms with Crippen LogP contribution in [-0.4, -0.2) is 59.9 Å². The van der Waals surface area contributed by atoms with Crippen molar-refractivity contribution in [2.45, 2.75) is 116 Å². The van der Waals surface area contributed by atoms with E-state index in [4.69, 9.17) is 24.8 Å². The number of hydrogen-bond acceptors (Lipinski definition) is 9. The number of phosphoric acid groups is 1. The number of nitrogens with two attached hydrogens (primary N) is 1. The van der Waals surface area contributed by atoms with E-state index in [1.807, 2.05) is 18.2 Å². The smallest absolute Gasteiger partial charge is 0.472 e. The molecule has 0 aromatic carbocycles. The van der Waals surface area contributed by atoms with Crippen molar-refractivity contribution in [3.8, 4) is 0 Å². The lowest BCUT2D eigenvalue weighted by molar-refractivity contribution is -0.161. The molecule has 252 valence electrons. The van der Waals surface area contributed by atoms with Crippen LogP contribution in [0.1, 0.15) is 104 Å². The molecule has 0 aromatic heterocycles. The predicted octanol–water partition coefficient (Wildman–Crippen LogP) is 6.71. The number of carbonyl (C=O) groups excluding carboxylic acids is 2. The fraction of sp³-hybridized carbons (Fsp3) is 0.656. The lowest BCUT2D eigenvalue weighted by Gasteiger charge is -2.20. The SMILES string of the molecule is CC/C=C\C/C=C\C/C=C\C/C=C\CCC(=O)OC(COC(=O)CCCCCCCCC)COP(=O)(O)OCC(N)C(=O)O. The highest BCUT2D eigenvalue weighted by Gasteiger charge is 2.28. The van der Waals surface area contributed by atoms with E-state index in [0.717, 1.165) is 44.9 Å². The lowest BCUT2D eigenvalue weighted by Crippen LogP contribution is -2.34. The average Bonchev–Trinajstić information content (AvgIpc) is 2.99. The second kappa shape index (κ2) is 28.0. The Hall–Kier alpha value is -2.56. The summed E-state index contributed by atoms with van der Waals surface area (Å²) in [5.41, 5.74) is 5.28. The molecule has 44 heavy (non-hydrogen) atoms. The zero-order valence-electron chi connectivity index (χ0n) is 26.5. The molecule has 4 N–H and O–H groups in total. The van der Waals surface area contributed by atoms with Crippen LogP contribution in [0.2, 0.25) is 0 Å². The Bertz CT molecular complexity index is 947. The summed E-state index contributed by atoms with van der Waals surface area (Å²) in [6.45, 7) is 2.50. The van der Waals surface area contributed by atoms with Crippen molar-refractivity contribution in [2.24, 2.45) is 5.73 Å². The Morgan fingerprint density at radius 2 is 1.27 bits per heavy atom. The summed E-state index contributed by atoms with van der Waals surface area (Å²) in [6, 6.07) is -1.53. The van der Waals surface area contributed by atoms with E-state index in [1.54, 1.807) is 0 Å². The Balaban J connectivity index is 4.68. The van der Waals surface area contributed by atoms with E-state index in [2.05, 4.69) is 48.8 Å². The third-order valence-electron chi connectivity index (χ3n) is 6.10. The zero-order valence-corrected chi connectivity index (χ0v) is 27.4. The molecule has 0 spiro atoms. The monoisotopic (exact) mass is 643 g/mol. The quantitative estimate of drug-likeness (QED) is 0.0358. The van der Waals surface area contributed by atoms with Crippen LogP contribution in [0, 0.1) is 0 Å². The van der Waals surface area contributed by atoms with Crippen LogP contribution in [0.4, 0.5) is 0 Å². The number of hydrogen-bond donors (Lipinski definition) is 3. The molecule has 0 amide bonds. The van der Waals surface area contributed by atoms with E-state index in [1.165, 1.54) is 19.3 Å². The third-order valence-corrected chi connectivity index (χ3v) is 7.06. The molecule has 0 aliphatic heterocycles. The highest BCUT2D eigenvalue weighted by Crippen LogP contribution is 2.43. The maximum absolute atomic E-state index is 12.4. The molecule has 0 rings (SSSR count). The van der Waals surface area contributed by atoms with Crippen molar-refractivity contribution in [1.29, 1.82) is 0 Å². The van der Waals surface area contributed by atoms with Gasteiger partial charge in [0.25, 0.3) is 0 Å². The van der Waals surface area contributed by atoms with Gasteiger partial charge in [0.15, 0.2) is 6.10 Å². The van der Waals surface area contributed by atoms with E-state index in [0.29, 0.717) is 12.8 Å². The van der Waals surface area contributed by atoms with Gasteiger partial charge < -0.3 is 25.2 Å². The summed E-state index contributed by atoms with van der Waals surface area (Å²) in [4.78, 5) is 45.3. The van der Waals surface area contributed by atoms with Gasteiger partial charge in [-0.25, -0.2) is 4.57 Å². The standard InChI is InChI=1S/C32H54NO10P/c1-3-5-7-9-11-12-13-14-15-16-18-20-22-24-31(35)43-28(26-41-44(38,39)42-27-29(33)32(36)37)25-40-30(34)23-21-19-17-10-8-6-4-2/h5,7,11-12,14-15,18,20,28-29H,3-4,6,8-10,13,16-17,19,21-27,33H2,1-2H3,(H,36,37)(H,38,39)/b7-5-,12-11-,15-14-,20-18-. The molecule has 0 aromatic rings. The van der Waals surface area contributed by atoms with E-state index in [-0.39, 0.29) is 19.4 Å². The van der Waals surface area contributed by atoms with Crippen molar-refractivity contribution in [3.05, 3.63) is 48.6 Å². The van der Waals surface area contributed by atoms with Crippen molar-refractivity contribution in [3.63, 3.8) is 0 Å². The largest absolute Gasteiger partial charge is 0.480 e. The molecule has 0 aliphatic rings. The number of rotatable bonds is 28. The maximum Gasteiger partial charge on any atom is 0.472 e. The molecule has 0 heterocycles. The van der Waals surface area contributed by atoms with Gasteiger partial charge >= 0.3 is 25.7 Å². The van der Waals surface area contributed by atoms with Gasteiger partial charge in [0.05, 0.1) is 13.2 Å². The fourth-order valence-corrected chi connectivity index (χ4v) is 4.38. The first-order valence-corrected chi connectivity index (χ1v) is 17.2. The summed E-state index contributed by atoms with van der Waals surface area (Å²) in [5, 5.41) is 8.80. The Labute approximate surface area is 263 Å².